The van der Waals surface area contributed by atoms with E-state index in [-0.39, 0.29) is 0 Å². The van der Waals surface area contributed by atoms with Gasteiger partial charge < -0.3 is 5.41 Å². The standard InChI is InChI=1S/C4H5BN/c6-4-2-1-3-5-4/h1,3,6H,2H2. The molecule has 0 atom stereocenters. The van der Waals surface area contributed by atoms with Crippen LogP contribution in [0.15, 0.2) is 12.1 Å². The van der Waals surface area contributed by atoms with Crippen molar-refractivity contribution < 1.29 is 0 Å². The van der Waals surface area contributed by atoms with Gasteiger partial charge in [-0.25, -0.2) is 0 Å². The second kappa shape index (κ2) is 1.29. The highest BCUT2D eigenvalue weighted by atomic mass is 14.4. The summed E-state index contributed by atoms with van der Waals surface area (Å²) >= 11 is 0. The van der Waals surface area contributed by atoms with Crippen LogP contribution in [0.2, 0.25) is 0 Å². The van der Waals surface area contributed by atoms with E-state index in [0.29, 0.717) is 0 Å². The van der Waals surface area contributed by atoms with E-state index in [9.17, 15) is 0 Å². The molecule has 6 heavy (non-hydrogen) atoms. The zero-order chi connectivity index (χ0) is 4.41. The summed E-state index contributed by atoms with van der Waals surface area (Å²) in [5.74, 6) is 1.91. The third kappa shape index (κ3) is 0.508. The Labute approximate surface area is 37.8 Å². The van der Waals surface area contributed by atoms with Gasteiger partial charge in [-0.1, -0.05) is 6.08 Å². The van der Waals surface area contributed by atoms with Crippen molar-refractivity contribution >= 4 is 12.9 Å². The smallest absolute Gasteiger partial charge is 0.200 e. The first-order valence-electron chi connectivity index (χ1n) is 1.97. The molecule has 1 radical (unpaired) electrons. The molecule has 1 nitrogen and oxygen atoms in total. The van der Waals surface area contributed by atoms with E-state index in [2.05, 4.69) is 0 Å². The Bertz CT molecular complexity index is 85.7. The molecule has 0 aromatic rings. The van der Waals surface area contributed by atoms with Crippen molar-refractivity contribution in [3.63, 3.8) is 0 Å². The molecule has 0 fully saturated rings. The molecule has 0 aliphatic carbocycles. The normalized spacial score (nSPS) is 18.3. The Hall–Kier alpha value is -0.525. The minimum atomic E-state index is 0.718. The van der Waals surface area contributed by atoms with Crippen LogP contribution in [-0.4, -0.2) is 12.9 Å². The molecule has 0 amide bonds. The van der Waals surface area contributed by atoms with E-state index < -0.39 is 0 Å². The first kappa shape index (κ1) is 3.66. The third-order valence-corrected chi connectivity index (χ3v) is 0.771. The van der Waals surface area contributed by atoms with Gasteiger partial charge in [0.15, 0.2) is 0 Å². The largest absolute Gasteiger partial charge is 0.320 e. The molecule has 1 aliphatic rings. The Kier molecular flexibility index (Phi) is 0.786. The summed E-state index contributed by atoms with van der Waals surface area (Å²) < 4.78 is 0. The van der Waals surface area contributed by atoms with Gasteiger partial charge in [0.05, 0.1) is 0 Å². The number of hydrogen-bond donors (Lipinski definition) is 1. The maximum atomic E-state index is 6.93. The van der Waals surface area contributed by atoms with E-state index >= 15 is 0 Å². The Morgan fingerprint density at radius 2 is 2.67 bits per heavy atom. The average Bonchev–Trinajstić information content (AvgIpc) is 1.86. The topological polar surface area (TPSA) is 23.9 Å². The SMILES string of the molecule is N=C1[B]C=CC1. The fourth-order valence-electron chi connectivity index (χ4n) is 0.447. The van der Waals surface area contributed by atoms with Crippen LogP contribution in [0.4, 0.5) is 0 Å². The molecule has 0 saturated heterocycles. The minimum Gasteiger partial charge on any atom is -0.320 e. The first-order valence-corrected chi connectivity index (χ1v) is 1.97. The lowest BCUT2D eigenvalue weighted by molar-refractivity contribution is 1.44. The molecule has 0 aromatic carbocycles. The summed E-state index contributed by atoms with van der Waals surface area (Å²) in [7, 11) is 1.81. The predicted octanol–water partition coefficient (Wildman–Crippen LogP) is 0.585. The summed E-state index contributed by atoms with van der Waals surface area (Å²) in [6, 6.07) is 0. The van der Waals surface area contributed by atoms with Crippen molar-refractivity contribution in [1.82, 2.24) is 0 Å². The van der Waals surface area contributed by atoms with Crippen molar-refractivity contribution in [3.05, 3.63) is 12.1 Å². The minimum absolute atomic E-state index is 0.718. The molecule has 29 valence electrons. The van der Waals surface area contributed by atoms with Gasteiger partial charge in [0.2, 0.25) is 7.28 Å². The number of rotatable bonds is 0. The van der Waals surface area contributed by atoms with Crippen molar-refractivity contribution in [2.45, 2.75) is 6.42 Å². The predicted molar refractivity (Wildman–Crippen MR) is 27.2 cm³/mol. The molecule has 0 unspecified atom stereocenters. The number of nitrogens with one attached hydrogen (secondary N) is 1. The lowest BCUT2D eigenvalue weighted by atomic mass is 9.77. The van der Waals surface area contributed by atoms with Gasteiger partial charge >= 0.3 is 0 Å². The zero-order valence-electron chi connectivity index (χ0n) is 3.44. The highest BCUT2D eigenvalue weighted by molar-refractivity contribution is 6.80. The lowest BCUT2D eigenvalue weighted by Gasteiger charge is -1.77. The molecule has 0 aromatic heterocycles. The molecule has 2 heteroatoms. The van der Waals surface area contributed by atoms with Crippen LogP contribution in [0.3, 0.4) is 0 Å². The Morgan fingerprint density at radius 1 is 1.83 bits per heavy atom. The number of hydrogen-bond acceptors (Lipinski definition) is 1. The average molecular weight is 77.9 g/mol. The fraction of sp³-hybridized carbons (Fsp3) is 0.250. The van der Waals surface area contributed by atoms with Crippen LogP contribution >= 0.6 is 0 Å². The molecule has 0 bridgehead atoms. The van der Waals surface area contributed by atoms with E-state index in [4.69, 9.17) is 5.41 Å². The molecule has 1 aliphatic heterocycles. The molecule has 0 spiro atoms. The molecular weight excluding hydrogens is 72.9 g/mol. The molecular formula is C4H5BN. The molecule has 1 rings (SSSR count). The molecule has 1 N–H and O–H groups in total. The van der Waals surface area contributed by atoms with E-state index in [1.807, 2.05) is 12.1 Å². The van der Waals surface area contributed by atoms with Gasteiger partial charge in [-0.05, 0) is 12.0 Å². The molecule has 1 heterocycles. The van der Waals surface area contributed by atoms with Gasteiger partial charge in [0.1, 0.15) is 0 Å². The highest BCUT2D eigenvalue weighted by Gasteiger charge is 1.97. The van der Waals surface area contributed by atoms with E-state index in [1.165, 1.54) is 0 Å². The Morgan fingerprint density at radius 3 is 2.83 bits per heavy atom. The van der Waals surface area contributed by atoms with Crippen LogP contribution in [0.1, 0.15) is 6.42 Å². The van der Waals surface area contributed by atoms with Crippen LogP contribution < -0.4 is 0 Å². The van der Waals surface area contributed by atoms with Crippen molar-refractivity contribution in [1.29, 1.82) is 5.41 Å². The quantitative estimate of drug-likeness (QED) is 0.410. The second-order valence-electron chi connectivity index (χ2n) is 1.32. The highest BCUT2D eigenvalue weighted by Crippen LogP contribution is 1.92. The number of allylic oxidation sites excluding steroid dienone is 1. The van der Waals surface area contributed by atoms with Crippen molar-refractivity contribution in [2.75, 3.05) is 0 Å². The van der Waals surface area contributed by atoms with Gasteiger partial charge in [0, 0.05) is 0 Å². The summed E-state index contributed by atoms with van der Waals surface area (Å²) in [5, 5.41) is 6.93. The maximum absolute atomic E-state index is 6.93. The van der Waals surface area contributed by atoms with Crippen LogP contribution in [0, 0.1) is 5.41 Å². The van der Waals surface area contributed by atoms with Crippen LogP contribution in [-0.2, 0) is 0 Å². The third-order valence-electron chi connectivity index (χ3n) is 0.771. The summed E-state index contributed by atoms with van der Waals surface area (Å²) in [4.78, 5) is 0. The Balaban J connectivity index is 2.52. The van der Waals surface area contributed by atoms with E-state index in [0.717, 1.165) is 12.0 Å². The van der Waals surface area contributed by atoms with Crippen molar-refractivity contribution in [3.8, 4) is 0 Å². The van der Waals surface area contributed by atoms with Gasteiger partial charge in [-0.15, -0.1) is 5.98 Å². The van der Waals surface area contributed by atoms with Gasteiger partial charge in [0.25, 0.3) is 0 Å². The van der Waals surface area contributed by atoms with Crippen molar-refractivity contribution in [2.24, 2.45) is 0 Å². The first-order chi connectivity index (χ1) is 2.89. The monoisotopic (exact) mass is 78.1 g/mol. The maximum Gasteiger partial charge on any atom is 0.200 e. The van der Waals surface area contributed by atoms with Gasteiger partial charge in [-0.3, -0.25) is 0 Å². The lowest BCUT2D eigenvalue weighted by Crippen LogP contribution is -1.94. The zero-order valence-corrected chi connectivity index (χ0v) is 3.44. The van der Waals surface area contributed by atoms with Crippen LogP contribution in [0.25, 0.3) is 0 Å². The van der Waals surface area contributed by atoms with E-state index in [1.54, 1.807) is 7.28 Å². The van der Waals surface area contributed by atoms with Gasteiger partial charge in [-0.2, -0.15) is 0 Å². The molecule has 0 saturated carbocycles. The summed E-state index contributed by atoms with van der Waals surface area (Å²) in [6.45, 7) is 0. The second-order valence-corrected chi connectivity index (χ2v) is 1.32. The fourth-order valence-corrected chi connectivity index (χ4v) is 0.447. The summed E-state index contributed by atoms with van der Waals surface area (Å²) in [5.41, 5.74) is 0.718. The van der Waals surface area contributed by atoms with Crippen LogP contribution in [0.5, 0.6) is 0 Å². The summed E-state index contributed by atoms with van der Waals surface area (Å²) in [6.07, 6.45) is 2.81.